The maximum Gasteiger partial charge on any atom is 0.270 e. The van der Waals surface area contributed by atoms with Crippen molar-refractivity contribution < 1.29 is 4.79 Å². The number of aromatic nitrogens is 2. The van der Waals surface area contributed by atoms with Gasteiger partial charge in [0.2, 0.25) is 0 Å². The minimum absolute atomic E-state index is 0.233. The molecule has 0 aliphatic carbocycles. The lowest BCUT2D eigenvalue weighted by atomic mass is 10.0. The van der Waals surface area contributed by atoms with Gasteiger partial charge in [0.25, 0.3) is 5.91 Å². The SMILES string of the molecule is Cc1ccc(C(=O)NC(C)(C)c2nccs2)nc1-c1cccc(Cl)c1. The molecule has 0 bridgehead atoms. The van der Waals surface area contributed by atoms with Crippen LogP contribution in [0.25, 0.3) is 11.3 Å². The van der Waals surface area contributed by atoms with Crippen LogP contribution in [-0.4, -0.2) is 15.9 Å². The quantitative estimate of drug-likeness (QED) is 0.714. The lowest BCUT2D eigenvalue weighted by Gasteiger charge is -2.23. The van der Waals surface area contributed by atoms with Crippen LogP contribution in [0.2, 0.25) is 5.02 Å². The predicted molar refractivity (Wildman–Crippen MR) is 102 cm³/mol. The fourth-order valence-electron chi connectivity index (χ4n) is 2.52. The summed E-state index contributed by atoms with van der Waals surface area (Å²) in [5, 5.41) is 6.39. The highest BCUT2D eigenvalue weighted by Gasteiger charge is 2.26. The Kier molecular flexibility index (Phi) is 4.88. The van der Waals surface area contributed by atoms with Gasteiger partial charge in [0, 0.05) is 22.2 Å². The summed E-state index contributed by atoms with van der Waals surface area (Å²) in [6.45, 7) is 5.82. The number of thiazole rings is 1. The van der Waals surface area contributed by atoms with Gasteiger partial charge in [0.1, 0.15) is 10.7 Å². The summed E-state index contributed by atoms with van der Waals surface area (Å²) in [7, 11) is 0. The molecule has 3 rings (SSSR count). The average Bonchev–Trinajstić information content (AvgIpc) is 3.10. The van der Waals surface area contributed by atoms with E-state index < -0.39 is 5.54 Å². The van der Waals surface area contributed by atoms with Crippen LogP contribution < -0.4 is 5.32 Å². The van der Waals surface area contributed by atoms with Gasteiger partial charge in [-0.25, -0.2) is 9.97 Å². The molecule has 0 atom stereocenters. The molecule has 0 saturated heterocycles. The second-order valence-corrected chi connectivity index (χ2v) is 7.62. The largest absolute Gasteiger partial charge is 0.339 e. The first kappa shape index (κ1) is 17.6. The monoisotopic (exact) mass is 371 g/mol. The van der Waals surface area contributed by atoms with Crippen molar-refractivity contribution in [2.75, 3.05) is 0 Å². The smallest absolute Gasteiger partial charge is 0.270 e. The van der Waals surface area contributed by atoms with E-state index in [1.807, 2.05) is 56.5 Å². The van der Waals surface area contributed by atoms with Crippen LogP contribution in [0.15, 0.2) is 48.0 Å². The van der Waals surface area contributed by atoms with Crippen LogP contribution in [0, 0.1) is 6.92 Å². The second-order valence-electron chi connectivity index (χ2n) is 6.29. The molecule has 128 valence electrons. The van der Waals surface area contributed by atoms with Gasteiger partial charge >= 0.3 is 0 Å². The molecular formula is C19H18ClN3OS. The number of nitrogens with zero attached hydrogens (tertiary/aromatic N) is 2. The summed E-state index contributed by atoms with van der Waals surface area (Å²) in [6, 6.07) is 11.1. The molecule has 1 aromatic carbocycles. The molecule has 0 radical (unpaired) electrons. The highest BCUT2D eigenvalue weighted by Crippen LogP contribution is 2.25. The molecule has 0 spiro atoms. The summed E-state index contributed by atoms with van der Waals surface area (Å²) < 4.78 is 0. The highest BCUT2D eigenvalue weighted by atomic mass is 35.5. The molecule has 0 aliphatic heterocycles. The molecule has 2 aromatic heterocycles. The van der Waals surface area contributed by atoms with Crippen molar-refractivity contribution in [3.8, 4) is 11.3 Å². The Balaban J connectivity index is 1.90. The normalized spacial score (nSPS) is 11.4. The Hall–Kier alpha value is -2.24. The van der Waals surface area contributed by atoms with Crippen molar-refractivity contribution >= 4 is 28.8 Å². The Morgan fingerprint density at radius 2 is 2.04 bits per heavy atom. The molecule has 0 fully saturated rings. The number of rotatable bonds is 4. The Labute approximate surface area is 155 Å². The summed E-state index contributed by atoms with van der Waals surface area (Å²) in [4.78, 5) is 21.5. The maximum absolute atomic E-state index is 12.7. The molecule has 2 heterocycles. The zero-order valence-electron chi connectivity index (χ0n) is 14.2. The van der Waals surface area contributed by atoms with Crippen LogP contribution >= 0.6 is 22.9 Å². The Bertz CT molecular complexity index is 907. The Morgan fingerprint density at radius 3 is 2.72 bits per heavy atom. The molecule has 3 aromatic rings. The maximum atomic E-state index is 12.7. The van der Waals surface area contributed by atoms with Crippen molar-refractivity contribution in [1.82, 2.24) is 15.3 Å². The zero-order valence-corrected chi connectivity index (χ0v) is 15.8. The average molecular weight is 372 g/mol. The third-order valence-electron chi connectivity index (χ3n) is 3.82. The molecule has 0 saturated carbocycles. The van der Waals surface area contributed by atoms with E-state index in [-0.39, 0.29) is 5.91 Å². The fourth-order valence-corrected chi connectivity index (χ4v) is 3.42. The van der Waals surface area contributed by atoms with Crippen molar-refractivity contribution in [2.45, 2.75) is 26.3 Å². The number of nitrogens with one attached hydrogen (secondary N) is 1. The molecule has 6 heteroatoms. The first-order chi connectivity index (χ1) is 11.9. The van der Waals surface area contributed by atoms with Crippen molar-refractivity contribution in [1.29, 1.82) is 0 Å². The van der Waals surface area contributed by atoms with Gasteiger partial charge in [-0.15, -0.1) is 11.3 Å². The minimum atomic E-state index is -0.561. The van der Waals surface area contributed by atoms with Crippen molar-refractivity contribution in [3.63, 3.8) is 0 Å². The molecule has 25 heavy (non-hydrogen) atoms. The van der Waals surface area contributed by atoms with E-state index in [0.29, 0.717) is 10.7 Å². The van der Waals surface area contributed by atoms with Gasteiger partial charge in [0.15, 0.2) is 0 Å². The second kappa shape index (κ2) is 6.94. The highest BCUT2D eigenvalue weighted by molar-refractivity contribution is 7.09. The lowest BCUT2D eigenvalue weighted by Crippen LogP contribution is -2.41. The van der Waals surface area contributed by atoms with E-state index in [1.54, 1.807) is 12.3 Å². The van der Waals surface area contributed by atoms with Crippen molar-refractivity contribution in [3.05, 3.63) is 69.3 Å². The molecule has 1 amide bonds. The number of benzene rings is 1. The van der Waals surface area contributed by atoms with E-state index >= 15 is 0 Å². The van der Waals surface area contributed by atoms with Gasteiger partial charge in [-0.3, -0.25) is 4.79 Å². The van der Waals surface area contributed by atoms with Gasteiger partial charge in [-0.05, 0) is 44.5 Å². The third kappa shape index (κ3) is 3.89. The summed E-state index contributed by atoms with van der Waals surface area (Å²) in [6.07, 6.45) is 1.73. The van der Waals surface area contributed by atoms with Gasteiger partial charge in [0.05, 0.1) is 11.2 Å². The number of aryl methyl sites for hydroxylation is 1. The lowest BCUT2D eigenvalue weighted by molar-refractivity contribution is 0.0907. The first-order valence-electron chi connectivity index (χ1n) is 7.83. The number of hydrogen-bond donors (Lipinski definition) is 1. The number of hydrogen-bond acceptors (Lipinski definition) is 4. The number of carbonyl (C=O) groups excluding carboxylic acids is 1. The topological polar surface area (TPSA) is 54.9 Å². The number of halogens is 1. The molecule has 1 N–H and O–H groups in total. The van der Waals surface area contributed by atoms with Crippen LogP contribution in [0.5, 0.6) is 0 Å². The zero-order chi connectivity index (χ0) is 18.0. The Morgan fingerprint density at radius 1 is 1.24 bits per heavy atom. The fraction of sp³-hybridized carbons (Fsp3) is 0.211. The van der Waals surface area contributed by atoms with E-state index in [4.69, 9.17) is 11.6 Å². The van der Waals surface area contributed by atoms with Crippen LogP contribution in [0.3, 0.4) is 0 Å². The minimum Gasteiger partial charge on any atom is -0.339 e. The van der Waals surface area contributed by atoms with Gasteiger partial charge in [-0.2, -0.15) is 0 Å². The predicted octanol–water partition coefficient (Wildman–Crippen LogP) is 4.83. The molecule has 0 aliphatic rings. The third-order valence-corrected chi connectivity index (χ3v) is 5.15. The van der Waals surface area contributed by atoms with Crippen LogP contribution in [-0.2, 0) is 5.54 Å². The van der Waals surface area contributed by atoms with E-state index in [9.17, 15) is 4.79 Å². The molecule has 0 unspecified atom stereocenters. The molecular weight excluding hydrogens is 354 g/mol. The van der Waals surface area contributed by atoms with Crippen LogP contribution in [0.1, 0.15) is 34.9 Å². The number of amides is 1. The first-order valence-corrected chi connectivity index (χ1v) is 9.08. The number of pyridine rings is 1. The van der Waals surface area contributed by atoms with Crippen LogP contribution in [0.4, 0.5) is 0 Å². The standard InChI is InChI=1S/C19H18ClN3OS/c1-12-7-8-15(22-16(12)13-5-4-6-14(20)11-13)17(24)23-19(2,3)18-21-9-10-25-18/h4-11H,1-3H3,(H,23,24). The van der Waals surface area contributed by atoms with E-state index in [0.717, 1.165) is 21.8 Å². The van der Waals surface area contributed by atoms with Crippen molar-refractivity contribution in [2.24, 2.45) is 0 Å². The summed E-state index contributed by atoms with van der Waals surface area (Å²) >= 11 is 7.59. The van der Waals surface area contributed by atoms with E-state index in [1.165, 1.54) is 11.3 Å². The number of carbonyl (C=O) groups is 1. The van der Waals surface area contributed by atoms with Gasteiger partial charge < -0.3 is 5.32 Å². The summed E-state index contributed by atoms with van der Waals surface area (Å²) in [5.74, 6) is -0.233. The summed E-state index contributed by atoms with van der Waals surface area (Å²) in [5.41, 5.74) is 2.43. The van der Waals surface area contributed by atoms with Gasteiger partial charge in [-0.1, -0.05) is 29.8 Å². The van der Waals surface area contributed by atoms with E-state index in [2.05, 4.69) is 15.3 Å². The molecule has 4 nitrogen and oxygen atoms in total.